The van der Waals surface area contributed by atoms with E-state index in [-0.39, 0.29) is 48.2 Å². The van der Waals surface area contributed by atoms with Crippen molar-refractivity contribution in [1.29, 1.82) is 0 Å². The Kier molecular flexibility index (Phi) is 11.6. The lowest BCUT2D eigenvalue weighted by molar-refractivity contribution is -0.137. The van der Waals surface area contributed by atoms with E-state index in [1.807, 2.05) is 66.9 Å². The molecule has 1 atom stereocenters. The number of ether oxygens (including phenoxy) is 1. The second kappa shape index (κ2) is 14.7. The molecule has 0 aliphatic carbocycles. The zero-order chi connectivity index (χ0) is 29.9. The molecular weight excluding hydrogens is 601 g/mol. The standard InChI is InChI=1S/C33H37N5O4.2ClH/c1-33(2)31(40)36(3)28-11-10-25(22-29(28)37(4)32(33)41)42-21-7-16-35-27(24-12-17-34-18-13-24)15-20-38-19-14-23-8-5-6-9-26(23)30(38)39;;/h5-6,8-14,17-19,22,27,35H,7,15-16,20-21H2,1-4H3;2*1H. The minimum absolute atomic E-state index is 0. The van der Waals surface area contributed by atoms with Gasteiger partial charge in [-0.25, -0.2) is 0 Å². The number of carbonyl (C=O) groups excluding carboxylic acids is 2. The molecule has 1 aliphatic rings. The Labute approximate surface area is 270 Å². The van der Waals surface area contributed by atoms with Crippen molar-refractivity contribution in [2.75, 3.05) is 37.0 Å². The number of hydrogen-bond donors (Lipinski definition) is 1. The van der Waals surface area contributed by atoms with Gasteiger partial charge in [0.2, 0.25) is 11.8 Å². The minimum atomic E-state index is -1.15. The second-order valence-electron chi connectivity index (χ2n) is 11.2. The summed E-state index contributed by atoms with van der Waals surface area (Å²) in [5, 5.41) is 5.29. The van der Waals surface area contributed by atoms with E-state index in [1.165, 1.54) is 9.80 Å². The topological polar surface area (TPSA) is 96.8 Å². The third-order valence-corrected chi connectivity index (χ3v) is 7.98. The van der Waals surface area contributed by atoms with Crippen molar-refractivity contribution >= 4 is 58.8 Å². The van der Waals surface area contributed by atoms with Crippen molar-refractivity contribution in [2.45, 2.75) is 39.3 Å². The van der Waals surface area contributed by atoms with Crippen molar-refractivity contribution in [1.82, 2.24) is 14.9 Å². The summed E-state index contributed by atoms with van der Waals surface area (Å²) in [6, 6.07) is 19.1. The number of nitrogens with one attached hydrogen (secondary N) is 1. The zero-order valence-corrected chi connectivity index (χ0v) is 27.0. The molecule has 4 aromatic rings. The highest BCUT2D eigenvalue weighted by Gasteiger charge is 2.44. The lowest BCUT2D eigenvalue weighted by Crippen LogP contribution is -2.46. The molecule has 0 fully saturated rings. The van der Waals surface area contributed by atoms with Crippen LogP contribution < -0.4 is 25.4 Å². The number of rotatable bonds is 10. The Morgan fingerprint density at radius 2 is 1.57 bits per heavy atom. The maximum absolute atomic E-state index is 13.0. The van der Waals surface area contributed by atoms with Crippen LogP contribution in [0.1, 0.15) is 38.3 Å². The van der Waals surface area contributed by atoms with Crippen LogP contribution >= 0.6 is 24.8 Å². The van der Waals surface area contributed by atoms with Gasteiger partial charge in [-0.05, 0) is 80.6 Å². The molecule has 5 rings (SSSR count). The first-order chi connectivity index (χ1) is 20.2. The number of aryl methyl sites for hydroxylation is 1. The first-order valence-corrected chi connectivity index (χ1v) is 14.2. The number of benzene rings is 2. The molecule has 9 nitrogen and oxygen atoms in total. The molecule has 2 amide bonds. The van der Waals surface area contributed by atoms with Crippen LogP contribution in [0.25, 0.3) is 10.8 Å². The SMILES string of the molecule is CN1C(=O)C(C)(C)C(=O)N(C)c2cc(OCCCNC(CCn3ccc4ccccc4c3=O)c3ccncc3)ccc21.Cl.Cl. The fraction of sp³-hybridized carbons (Fsp3) is 0.333. The third-order valence-electron chi connectivity index (χ3n) is 7.98. The number of anilines is 2. The Balaban J connectivity index is 0.00000264. The van der Waals surface area contributed by atoms with Gasteiger partial charge in [-0.1, -0.05) is 18.2 Å². The largest absolute Gasteiger partial charge is 0.493 e. The van der Waals surface area contributed by atoms with Crippen LogP contribution in [0.3, 0.4) is 0 Å². The summed E-state index contributed by atoms with van der Waals surface area (Å²) in [7, 11) is 3.38. The summed E-state index contributed by atoms with van der Waals surface area (Å²) in [4.78, 5) is 46.1. The Morgan fingerprint density at radius 1 is 0.886 bits per heavy atom. The van der Waals surface area contributed by atoms with Gasteiger partial charge in [0, 0.05) is 56.7 Å². The molecule has 44 heavy (non-hydrogen) atoms. The predicted octanol–water partition coefficient (Wildman–Crippen LogP) is 5.40. The van der Waals surface area contributed by atoms with Crippen molar-refractivity contribution in [3.63, 3.8) is 0 Å². The second-order valence-corrected chi connectivity index (χ2v) is 11.2. The normalized spacial score (nSPS) is 14.7. The van der Waals surface area contributed by atoms with Gasteiger partial charge in [-0.15, -0.1) is 24.8 Å². The average molecular weight is 641 g/mol. The summed E-state index contributed by atoms with van der Waals surface area (Å²) in [6.45, 7) is 5.06. The monoisotopic (exact) mass is 639 g/mol. The number of nitrogens with zero attached hydrogens (tertiary/aromatic N) is 4. The fourth-order valence-corrected chi connectivity index (χ4v) is 5.49. The number of aromatic nitrogens is 2. The molecule has 3 heterocycles. The maximum Gasteiger partial charge on any atom is 0.258 e. The van der Waals surface area contributed by atoms with Gasteiger partial charge in [0.15, 0.2) is 0 Å². The van der Waals surface area contributed by atoms with Crippen molar-refractivity contribution in [2.24, 2.45) is 5.41 Å². The van der Waals surface area contributed by atoms with Crippen molar-refractivity contribution in [3.05, 3.63) is 95.2 Å². The predicted molar refractivity (Wildman–Crippen MR) is 179 cm³/mol. The molecule has 0 saturated heterocycles. The fourth-order valence-electron chi connectivity index (χ4n) is 5.49. The van der Waals surface area contributed by atoms with Gasteiger partial charge in [0.25, 0.3) is 5.56 Å². The summed E-state index contributed by atoms with van der Waals surface area (Å²) in [5.74, 6) is 0.134. The van der Waals surface area contributed by atoms with Gasteiger partial charge in [0.05, 0.1) is 18.0 Å². The lowest BCUT2D eigenvalue weighted by atomic mass is 9.90. The molecular formula is C33H39Cl2N5O4. The zero-order valence-electron chi connectivity index (χ0n) is 25.4. The van der Waals surface area contributed by atoms with Gasteiger partial charge in [0.1, 0.15) is 11.2 Å². The van der Waals surface area contributed by atoms with E-state index in [4.69, 9.17) is 4.74 Å². The Bertz CT molecular complexity index is 1660. The molecule has 0 saturated carbocycles. The van der Waals surface area contributed by atoms with Crippen LogP contribution in [-0.2, 0) is 16.1 Å². The van der Waals surface area contributed by atoms with Crippen molar-refractivity contribution < 1.29 is 14.3 Å². The molecule has 1 unspecified atom stereocenters. The molecule has 234 valence electrons. The molecule has 11 heteroatoms. The lowest BCUT2D eigenvalue weighted by Gasteiger charge is -2.25. The summed E-state index contributed by atoms with van der Waals surface area (Å²) in [5.41, 5.74) is 1.28. The Hall–Kier alpha value is -3.92. The van der Waals surface area contributed by atoms with Crippen LogP contribution in [0.5, 0.6) is 5.75 Å². The molecule has 1 N–H and O–H groups in total. The number of carbonyl (C=O) groups is 2. The molecule has 2 aromatic carbocycles. The number of halogens is 2. The van der Waals surface area contributed by atoms with E-state index in [9.17, 15) is 14.4 Å². The van der Waals surface area contributed by atoms with E-state index < -0.39 is 5.41 Å². The van der Waals surface area contributed by atoms with Gasteiger partial charge in [-0.2, -0.15) is 0 Å². The third kappa shape index (κ3) is 7.07. The van der Waals surface area contributed by atoms with Crippen LogP contribution in [0, 0.1) is 5.41 Å². The van der Waals surface area contributed by atoms with Gasteiger partial charge in [-0.3, -0.25) is 19.4 Å². The molecule has 0 bridgehead atoms. The molecule has 2 aromatic heterocycles. The van der Waals surface area contributed by atoms with Crippen LogP contribution in [0.4, 0.5) is 11.4 Å². The number of hydrogen-bond acceptors (Lipinski definition) is 6. The van der Waals surface area contributed by atoms with Crippen molar-refractivity contribution in [3.8, 4) is 5.75 Å². The molecule has 1 aliphatic heterocycles. The maximum atomic E-state index is 13.0. The molecule has 0 spiro atoms. The van der Waals surface area contributed by atoms with Gasteiger partial charge >= 0.3 is 0 Å². The highest BCUT2D eigenvalue weighted by atomic mass is 35.5. The molecule has 0 radical (unpaired) electrons. The van der Waals surface area contributed by atoms with Crippen LogP contribution in [-0.4, -0.2) is 48.6 Å². The van der Waals surface area contributed by atoms with E-state index in [1.54, 1.807) is 44.9 Å². The summed E-state index contributed by atoms with van der Waals surface area (Å²) < 4.78 is 7.82. The first kappa shape index (κ1) is 34.6. The first-order valence-electron chi connectivity index (χ1n) is 14.2. The minimum Gasteiger partial charge on any atom is -0.493 e. The van der Waals surface area contributed by atoms with E-state index in [0.29, 0.717) is 36.8 Å². The van der Waals surface area contributed by atoms with E-state index in [0.717, 1.165) is 29.2 Å². The number of fused-ring (bicyclic) bond motifs is 2. The highest BCUT2D eigenvalue weighted by molar-refractivity contribution is 6.19. The van der Waals surface area contributed by atoms with Gasteiger partial charge < -0.3 is 24.4 Å². The number of pyridine rings is 2. The van der Waals surface area contributed by atoms with Crippen LogP contribution in [0.2, 0.25) is 0 Å². The summed E-state index contributed by atoms with van der Waals surface area (Å²) in [6.07, 6.45) is 6.90. The smallest absolute Gasteiger partial charge is 0.258 e. The van der Waals surface area contributed by atoms with Crippen LogP contribution in [0.15, 0.2) is 84.0 Å². The van der Waals surface area contributed by atoms with E-state index >= 15 is 0 Å². The quantitative estimate of drug-likeness (QED) is 0.184. The number of amides is 2. The highest BCUT2D eigenvalue weighted by Crippen LogP contribution is 2.39. The Morgan fingerprint density at radius 3 is 2.30 bits per heavy atom. The van der Waals surface area contributed by atoms with E-state index in [2.05, 4.69) is 10.3 Å². The average Bonchev–Trinajstić information content (AvgIpc) is 3.05. The summed E-state index contributed by atoms with van der Waals surface area (Å²) >= 11 is 0.